The molecule has 2 aromatic rings. The van der Waals surface area contributed by atoms with Crippen molar-refractivity contribution in [3.8, 4) is 5.75 Å². The third-order valence-corrected chi connectivity index (χ3v) is 1.90. The quantitative estimate of drug-likeness (QED) is 0.791. The highest BCUT2D eigenvalue weighted by Gasteiger charge is 2.03. The molecule has 0 atom stereocenters. The number of amides is 1. The molecule has 0 aliphatic rings. The Morgan fingerprint density at radius 1 is 1.50 bits per heavy atom. The fraction of sp³-hybridized carbons (Fsp3) is 0.100. The van der Waals surface area contributed by atoms with Crippen molar-refractivity contribution in [1.82, 2.24) is 14.8 Å². The van der Waals surface area contributed by atoms with Gasteiger partial charge in [0.25, 0.3) is 0 Å². The lowest BCUT2D eigenvalue weighted by molar-refractivity contribution is -0.116. The summed E-state index contributed by atoms with van der Waals surface area (Å²) in [5.74, 6) is -0.116. The van der Waals surface area contributed by atoms with Gasteiger partial charge >= 0.3 is 0 Å². The van der Waals surface area contributed by atoms with Crippen molar-refractivity contribution < 1.29 is 9.90 Å². The van der Waals surface area contributed by atoms with Gasteiger partial charge in [-0.25, -0.2) is 9.67 Å². The predicted molar refractivity (Wildman–Crippen MR) is 56.8 cm³/mol. The number of aromatic hydroxyl groups is 1. The van der Waals surface area contributed by atoms with Crippen LogP contribution in [-0.4, -0.2) is 25.8 Å². The first-order valence-electron chi connectivity index (χ1n) is 4.65. The van der Waals surface area contributed by atoms with Crippen LogP contribution in [0.2, 0.25) is 0 Å². The first-order chi connectivity index (χ1) is 7.74. The summed E-state index contributed by atoms with van der Waals surface area (Å²) in [6, 6.07) is 6.35. The Hall–Kier alpha value is -2.37. The maximum Gasteiger partial charge on any atom is 0.246 e. The number of carbonyl (C=O) groups is 1. The van der Waals surface area contributed by atoms with Crippen molar-refractivity contribution in [3.05, 3.63) is 36.9 Å². The standard InChI is InChI=1S/C10H10N4O2/c15-9-3-1-2-8(4-9)13-10(16)5-14-7-11-6-12-14/h1-4,6-7,15H,5H2,(H,13,16). The summed E-state index contributed by atoms with van der Waals surface area (Å²) in [6.45, 7) is 0.0929. The van der Waals surface area contributed by atoms with Crippen LogP contribution in [-0.2, 0) is 11.3 Å². The van der Waals surface area contributed by atoms with Crippen LogP contribution in [0.5, 0.6) is 5.75 Å². The molecule has 82 valence electrons. The van der Waals surface area contributed by atoms with Crippen LogP contribution in [0.4, 0.5) is 5.69 Å². The third kappa shape index (κ3) is 2.57. The number of nitrogens with zero attached hydrogens (tertiary/aromatic N) is 3. The van der Waals surface area contributed by atoms with E-state index in [1.807, 2.05) is 0 Å². The number of phenolic OH excluding ortho intramolecular Hbond substituents is 1. The van der Waals surface area contributed by atoms with Crippen molar-refractivity contribution in [2.24, 2.45) is 0 Å². The maximum atomic E-state index is 11.5. The van der Waals surface area contributed by atoms with E-state index in [0.29, 0.717) is 5.69 Å². The number of rotatable bonds is 3. The van der Waals surface area contributed by atoms with E-state index in [0.717, 1.165) is 0 Å². The van der Waals surface area contributed by atoms with Crippen molar-refractivity contribution in [1.29, 1.82) is 0 Å². The van der Waals surface area contributed by atoms with Gasteiger partial charge in [-0.05, 0) is 12.1 Å². The molecule has 0 radical (unpaired) electrons. The van der Waals surface area contributed by atoms with Gasteiger partial charge in [-0.3, -0.25) is 4.79 Å². The van der Waals surface area contributed by atoms with Gasteiger partial charge in [-0.15, -0.1) is 0 Å². The number of carbonyl (C=O) groups excluding carboxylic acids is 1. The average molecular weight is 218 g/mol. The molecule has 0 unspecified atom stereocenters. The minimum atomic E-state index is -0.226. The maximum absolute atomic E-state index is 11.5. The fourth-order valence-electron chi connectivity index (χ4n) is 1.25. The molecule has 0 bridgehead atoms. The first kappa shape index (κ1) is 10.2. The SMILES string of the molecule is O=C(Cn1cncn1)Nc1cccc(O)c1. The number of aromatic nitrogens is 3. The Morgan fingerprint density at radius 2 is 2.38 bits per heavy atom. The molecule has 1 aromatic heterocycles. The highest BCUT2D eigenvalue weighted by atomic mass is 16.3. The monoisotopic (exact) mass is 218 g/mol. The topological polar surface area (TPSA) is 80.0 Å². The minimum Gasteiger partial charge on any atom is -0.508 e. The normalized spacial score (nSPS) is 10.0. The van der Waals surface area contributed by atoms with Crippen molar-refractivity contribution in [2.75, 3.05) is 5.32 Å². The summed E-state index contributed by atoms with van der Waals surface area (Å²) < 4.78 is 1.41. The molecule has 6 nitrogen and oxygen atoms in total. The zero-order chi connectivity index (χ0) is 11.4. The number of phenols is 1. The van der Waals surface area contributed by atoms with Crippen LogP contribution in [0.3, 0.4) is 0 Å². The molecule has 1 amide bonds. The van der Waals surface area contributed by atoms with Gasteiger partial charge in [0.05, 0.1) is 0 Å². The van der Waals surface area contributed by atoms with Crippen LogP contribution < -0.4 is 5.32 Å². The van der Waals surface area contributed by atoms with E-state index in [9.17, 15) is 9.90 Å². The van der Waals surface area contributed by atoms with E-state index in [1.54, 1.807) is 12.1 Å². The second kappa shape index (κ2) is 4.43. The molecular weight excluding hydrogens is 208 g/mol. The Morgan fingerprint density at radius 3 is 3.06 bits per heavy atom. The summed E-state index contributed by atoms with van der Waals surface area (Å²) in [6.07, 6.45) is 2.82. The van der Waals surface area contributed by atoms with Gasteiger partial charge in [0.2, 0.25) is 5.91 Å². The van der Waals surface area contributed by atoms with Crippen LogP contribution in [0, 0.1) is 0 Å². The molecule has 0 saturated heterocycles. The van der Waals surface area contributed by atoms with Gasteiger partial charge < -0.3 is 10.4 Å². The van der Waals surface area contributed by atoms with Crippen molar-refractivity contribution in [3.63, 3.8) is 0 Å². The number of hydrogen-bond acceptors (Lipinski definition) is 4. The van der Waals surface area contributed by atoms with Gasteiger partial charge in [-0.1, -0.05) is 6.07 Å². The molecule has 6 heteroatoms. The lowest BCUT2D eigenvalue weighted by Crippen LogP contribution is -2.18. The van der Waals surface area contributed by atoms with Gasteiger partial charge in [0.15, 0.2) is 0 Å². The summed E-state index contributed by atoms with van der Waals surface area (Å²) in [5.41, 5.74) is 0.546. The molecule has 2 N–H and O–H groups in total. The van der Waals surface area contributed by atoms with E-state index < -0.39 is 0 Å². The second-order valence-corrected chi connectivity index (χ2v) is 3.19. The molecule has 16 heavy (non-hydrogen) atoms. The zero-order valence-corrected chi connectivity index (χ0v) is 8.37. The van der Waals surface area contributed by atoms with Crippen LogP contribution in [0.15, 0.2) is 36.9 Å². The Balaban J connectivity index is 1.97. The Kier molecular flexibility index (Phi) is 2.81. The van der Waals surface area contributed by atoms with Crippen LogP contribution in [0.1, 0.15) is 0 Å². The number of anilines is 1. The Bertz CT molecular complexity index is 481. The lowest BCUT2D eigenvalue weighted by Gasteiger charge is -2.04. The third-order valence-electron chi connectivity index (χ3n) is 1.90. The van der Waals surface area contributed by atoms with Gasteiger partial charge in [0, 0.05) is 11.8 Å². The molecule has 0 saturated carbocycles. The largest absolute Gasteiger partial charge is 0.508 e. The average Bonchev–Trinajstić information content (AvgIpc) is 2.70. The highest BCUT2D eigenvalue weighted by molar-refractivity contribution is 5.90. The van der Waals surface area contributed by atoms with E-state index in [-0.39, 0.29) is 18.2 Å². The summed E-state index contributed by atoms with van der Waals surface area (Å²) in [7, 11) is 0. The fourth-order valence-corrected chi connectivity index (χ4v) is 1.25. The molecule has 1 aromatic carbocycles. The van der Waals surface area contributed by atoms with Gasteiger partial charge in [-0.2, -0.15) is 5.10 Å². The molecular formula is C10H10N4O2. The minimum absolute atomic E-state index is 0.0929. The molecule has 2 rings (SSSR count). The zero-order valence-electron chi connectivity index (χ0n) is 8.37. The smallest absolute Gasteiger partial charge is 0.246 e. The molecule has 0 spiro atoms. The molecule has 0 aliphatic carbocycles. The highest BCUT2D eigenvalue weighted by Crippen LogP contribution is 2.15. The van der Waals surface area contributed by atoms with Crippen molar-refractivity contribution in [2.45, 2.75) is 6.54 Å². The van der Waals surface area contributed by atoms with Crippen LogP contribution in [0.25, 0.3) is 0 Å². The number of benzene rings is 1. The summed E-state index contributed by atoms with van der Waals surface area (Å²) >= 11 is 0. The van der Waals surface area contributed by atoms with E-state index in [1.165, 1.54) is 29.5 Å². The number of nitrogens with one attached hydrogen (secondary N) is 1. The summed E-state index contributed by atoms with van der Waals surface area (Å²) in [5, 5.41) is 15.6. The summed E-state index contributed by atoms with van der Waals surface area (Å²) in [4.78, 5) is 15.2. The van der Waals surface area contributed by atoms with Crippen LogP contribution >= 0.6 is 0 Å². The number of hydrogen-bond donors (Lipinski definition) is 2. The molecule has 0 aliphatic heterocycles. The lowest BCUT2D eigenvalue weighted by atomic mass is 10.3. The Labute approximate surface area is 91.6 Å². The molecule has 1 heterocycles. The second-order valence-electron chi connectivity index (χ2n) is 3.19. The molecule has 0 fully saturated rings. The van der Waals surface area contributed by atoms with Crippen molar-refractivity contribution >= 4 is 11.6 Å². The van der Waals surface area contributed by atoms with E-state index in [4.69, 9.17) is 0 Å². The van der Waals surface area contributed by atoms with E-state index >= 15 is 0 Å². The predicted octanol–water partition coefficient (Wildman–Crippen LogP) is 0.622. The van der Waals surface area contributed by atoms with Gasteiger partial charge in [0.1, 0.15) is 24.9 Å². The van der Waals surface area contributed by atoms with E-state index in [2.05, 4.69) is 15.4 Å². The first-order valence-corrected chi connectivity index (χ1v) is 4.65.